The summed E-state index contributed by atoms with van der Waals surface area (Å²) < 4.78 is 6.06. The fourth-order valence-electron chi connectivity index (χ4n) is 3.35. The topological polar surface area (TPSA) is 53.3 Å². The number of rotatable bonds is 10. The second kappa shape index (κ2) is 11.8. The maximum absolute atomic E-state index is 13.0. The summed E-state index contributed by atoms with van der Waals surface area (Å²) in [6, 6.07) is 28.5. The Morgan fingerprint density at radius 2 is 1.55 bits per heavy atom. The van der Waals surface area contributed by atoms with E-state index >= 15 is 0 Å². The zero-order valence-electron chi connectivity index (χ0n) is 17.3. The predicted molar refractivity (Wildman–Crippen MR) is 123 cm³/mol. The molecule has 0 radical (unpaired) electrons. The van der Waals surface area contributed by atoms with Crippen molar-refractivity contribution in [2.75, 3.05) is 5.88 Å². The molecule has 0 aliphatic carbocycles. The van der Waals surface area contributed by atoms with Gasteiger partial charge in [-0.1, -0.05) is 78.9 Å². The lowest BCUT2D eigenvalue weighted by molar-refractivity contribution is -0.133. The lowest BCUT2D eigenvalue weighted by Crippen LogP contribution is -2.34. The molecule has 1 atom stereocenters. The van der Waals surface area contributed by atoms with Crippen LogP contribution in [0.5, 0.6) is 5.75 Å². The fraction of sp³-hybridized carbons (Fsp3) is 0.231. The summed E-state index contributed by atoms with van der Waals surface area (Å²) in [5.74, 6) is 0.897. The van der Waals surface area contributed by atoms with Crippen LogP contribution in [0.4, 0.5) is 0 Å². The van der Waals surface area contributed by atoms with E-state index < -0.39 is 6.04 Å². The lowest BCUT2D eigenvalue weighted by atomic mass is 10.0. The summed E-state index contributed by atoms with van der Waals surface area (Å²) in [5, 5.41) is 10.1. The van der Waals surface area contributed by atoms with E-state index in [1.54, 1.807) is 4.90 Å². The molecule has 3 aromatic carbocycles. The van der Waals surface area contributed by atoms with Crippen molar-refractivity contribution in [2.24, 2.45) is 0 Å². The molecule has 3 rings (SSSR count). The molecule has 0 spiro atoms. The quantitative estimate of drug-likeness (QED) is 0.376. The first-order valence-corrected chi connectivity index (χ1v) is 10.8. The van der Waals surface area contributed by atoms with Gasteiger partial charge in [0.2, 0.25) is 5.91 Å². The highest BCUT2D eigenvalue weighted by atomic mass is 35.5. The Kier molecular flexibility index (Phi) is 8.51. The van der Waals surface area contributed by atoms with Crippen LogP contribution in [0.3, 0.4) is 0 Å². The van der Waals surface area contributed by atoms with Gasteiger partial charge in [0.1, 0.15) is 18.4 Å². The van der Waals surface area contributed by atoms with Crippen LogP contribution in [-0.2, 0) is 17.9 Å². The molecule has 31 heavy (non-hydrogen) atoms. The van der Waals surface area contributed by atoms with Crippen molar-refractivity contribution in [2.45, 2.75) is 32.0 Å². The smallest absolute Gasteiger partial charge is 0.224 e. The van der Waals surface area contributed by atoms with Gasteiger partial charge in [0, 0.05) is 24.4 Å². The third kappa shape index (κ3) is 6.34. The second-order valence-electron chi connectivity index (χ2n) is 7.14. The first-order valence-electron chi connectivity index (χ1n) is 10.3. The number of ether oxygens (including phenoxy) is 1. The highest BCUT2D eigenvalue weighted by molar-refractivity contribution is 6.17. The summed E-state index contributed by atoms with van der Waals surface area (Å²) in [4.78, 5) is 14.7. The van der Waals surface area contributed by atoms with E-state index in [0.29, 0.717) is 43.2 Å². The summed E-state index contributed by atoms with van der Waals surface area (Å²) in [7, 11) is 0. The molecule has 0 bridgehead atoms. The van der Waals surface area contributed by atoms with Crippen LogP contribution in [0, 0.1) is 11.3 Å². The van der Waals surface area contributed by atoms with E-state index in [-0.39, 0.29) is 5.91 Å². The van der Waals surface area contributed by atoms with Gasteiger partial charge in [-0.25, -0.2) is 0 Å². The van der Waals surface area contributed by atoms with Gasteiger partial charge >= 0.3 is 0 Å². The minimum atomic E-state index is -0.769. The van der Waals surface area contributed by atoms with E-state index in [9.17, 15) is 10.1 Å². The first-order chi connectivity index (χ1) is 15.2. The minimum absolute atomic E-state index is 0.103. The van der Waals surface area contributed by atoms with Crippen molar-refractivity contribution in [3.8, 4) is 11.8 Å². The Morgan fingerprint density at radius 1 is 0.935 bits per heavy atom. The third-order valence-corrected chi connectivity index (χ3v) is 5.19. The molecule has 1 amide bonds. The molecular weight excluding hydrogens is 408 g/mol. The Morgan fingerprint density at radius 3 is 2.19 bits per heavy atom. The monoisotopic (exact) mass is 432 g/mol. The van der Waals surface area contributed by atoms with Gasteiger partial charge in [-0.15, -0.1) is 11.6 Å². The zero-order valence-corrected chi connectivity index (χ0v) is 18.0. The molecule has 0 fully saturated rings. The molecule has 0 N–H and O–H groups in total. The molecule has 0 aromatic heterocycles. The number of hydrogen-bond acceptors (Lipinski definition) is 3. The number of hydrogen-bond donors (Lipinski definition) is 0. The number of nitrogens with zero attached hydrogens (tertiary/aromatic N) is 2. The van der Waals surface area contributed by atoms with E-state index in [2.05, 4.69) is 6.07 Å². The summed E-state index contributed by atoms with van der Waals surface area (Å²) in [5.41, 5.74) is 2.67. The van der Waals surface area contributed by atoms with Crippen LogP contribution in [0.2, 0.25) is 0 Å². The Labute approximate surface area is 188 Å². The van der Waals surface area contributed by atoms with Gasteiger partial charge in [-0.2, -0.15) is 5.26 Å². The standard InChI is InChI=1S/C26H25ClN2O2/c27-17-9-16-26(30)29(19-21-10-3-1-4-11-21)24(18-28)23-14-7-8-15-25(23)31-20-22-12-5-2-6-13-22/h1-8,10-15,24H,9,16-17,19-20H2. The van der Waals surface area contributed by atoms with Crippen molar-refractivity contribution in [1.82, 2.24) is 4.90 Å². The van der Waals surface area contributed by atoms with Gasteiger partial charge in [0.15, 0.2) is 0 Å². The van der Waals surface area contributed by atoms with Gasteiger partial charge in [0.05, 0.1) is 6.07 Å². The van der Waals surface area contributed by atoms with Crippen LogP contribution < -0.4 is 4.74 Å². The van der Waals surface area contributed by atoms with Crippen LogP contribution in [0.25, 0.3) is 0 Å². The molecule has 0 aliphatic rings. The van der Waals surface area contributed by atoms with Crippen molar-refractivity contribution in [3.05, 3.63) is 102 Å². The zero-order chi connectivity index (χ0) is 21.9. The fourth-order valence-corrected chi connectivity index (χ4v) is 3.48. The summed E-state index contributed by atoms with van der Waals surface area (Å²) in [6.07, 6.45) is 0.859. The number of benzene rings is 3. The lowest BCUT2D eigenvalue weighted by Gasteiger charge is -2.29. The Balaban J connectivity index is 1.88. The molecule has 5 heteroatoms. The van der Waals surface area contributed by atoms with Crippen LogP contribution >= 0.6 is 11.6 Å². The Bertz CT molecular complexity index is 1000. The summed E-state index contributed by atoms with van der Waals surface area (Å²) >= 11 is 5.81. The number of amides is 1. The number of carbonyl (C=O) groups excluding carboxylic acids is 1. The third-order valence-electron chi connectivity index (χ3n) is 4.93. The minimum Gasteiger partial charge on any atom is -0.489 e. The maximum atomic E-state index is 13.0. The number of halogens is 1. The van der Waals surface area contributed by atoms with E-state index in [4.69, 9.17) is 16.3 Å². The van der Waals surface area contributed by atoms with Crippen molar-refractivity contribution in [3.63, 3.8) is 0 Å². The van der Waals surface area contributed by atoms with E-state index in [0.717, 1.165) is 11.1 Å². The van der Waals surface area contributed by atoms with Crippen LogP contribution in [0.15, 0.2) is 84.9 Å². The highest BCUT2D eigenvalue weighted by Crippen LogP contribution is 2.31. The predicted octanol–water partition coefficient (Wildman–Crippen LogP) is 5.88. The maximum Gasteiger partial charge on any atom is 0.224 e. The van der Waals surface area contributed by atoms with Crippen molar-refractivity contribution in [1.29, 1.82) is 5.26 Å². The largest absolute Gasteiger partial charge is 0.489 e. The van der Waals surface area contributed by atoms with E-state index in [1.165, 1.54) is 0 Å². The van der Waals surface area contributed by atoms with Crippen LogP contribution in [-0.4, -0.2) is 16.7 Å². The number of para-hydroxylation sites is 1. The van der Waals surface area contributed by atoms with Gasteiger partial charge in [-0.3, -0.25) is 4.79 Å². The number of alkyl halides is 1. The molecule has 1 unspecified atom stereocenters. The molecule has 0 saturated heterocycles. The van der Waals surface area contributed by atoms with Gasteiger partial charge in [-0.05, 0) is 23.6 Å². The molecule has 0 saturated carbocycles. The summed E-state index contributed by atoms with van der Waals surface area (Å²) in [6.45, 7) is 0.724. The Hall–Kier alpha value is -3.29. The molecule has 0 heterocycles. The average molecular weight is 433 g/mol. The number of carbonyl (C=O) groups is 1. The molecular formula is C26H25ClN2O2. The average Bonchev–Trinajstić information content (AvgIpc) is 2.83. The first kappa shape index (κ1) is 22.4. The molecule has 0 aliphatic heterocycles. The van der Waals surface area contributed by atoms with Crippen molar-refractivity contribution < 1.29 is 9.53 Å². The number of nitriles is 1. The second-order valence-corrected chi connectivity index (χ2v) is 7.52. The molecule has 3 aromatic rings. The van der Waals surface area contributed by atoms with Gasteiger partial charge < -0.3 is 9.64 Å². The van der Waals surface area contributed by atoms with Gasteiger partial charge in [0.25, 0.3) is 0 Å². The molecule has 4 nitrogen and oxygen atoms in total. The van der Waals surface area contributed by atoms with E-state index in [1.807, 2.05) is 84.9 Å². The van der Waals surface area contributed by atoms with Crippen molar-refractivity contribution >= 4 is 17.5 Å². The molecule has 158 valence electrons. The van der Waals surface area contributed by atoms with Crippen LogP contribution in [0.1, 0.15) is 35.6 Å². The highest BCUT2D eigenvalue weighted by Gasteiger charge is 2.27. The normalized spacial score (nSPS) is 11.4. The SMILES string of the molecule is N#CC(c1ccccc1OCc1ccccc1)N(Cc1ccccc1)C(=O)CCCCl.